The van der Waals surface area contributed by atoms with Crippen LogP contribution in [0.1, 0.15) is 6.92 Å². The van der Waals surface area contributed by atoms with Crippen molar-refractivity contribution >= 4 is 0 Å². The average molecular weight is 148 g/mol. The lowest BCUT2D eigenvalue weighted by molar-refractivity contribution is 1.00. The second kappa shape index (κ2) is 3.10. The molecule has 2 N–H and O–H groups in total. The summed E-state index contributed by atoms with van der Waals surface area (Å²) in [6, 6.07) is 0. The summed E-state index contributed by atoms with van der Waals surface area (Å²) in [4.78, 5) is 0. The van der Waals surface area contributed by atoms with Crippen molar-refractivity contribution in [3.05, 3.63) is 48.6 Å². The van der Waals surface area contributed by atoms with Gasteiger partial charge in [0.15, 0.2) is 0 Å². The molecule has 0 amide bonds. The highest BCUT2D eigenvalue weighted by atomic mass is 15.2. The maximum Gasteiger partial charge on any atom is 0.100 e. The van der Waals surface area contributed by atoms with Crippen LogP contribution in [0.3, 0.4) is 0 Å². The Balaban J connectivity index is 2.89. The van der Waals surface area contributed by atoms with Crippen LogP contribution in [0.2, 0.25) is 0 Å². The van der Waals surface area contributed by atoms with Gasteiger partial charge in [-0.25, -0.2) is 0 Å². The van der Waals surface area contributed by atoms with E-state index in [9.17, 15) is 0 Å². The van der Waals surface area contributed by atoms with Gasteiger partial charge in [0, 0.05) is 0 Å². The van der Waals surface area contributed by atoms with E-state index in [4.69, 9.17) is 0 Å². The van der Waals surface area contributed by atoms with Crippen molar-refractivity contribution in [3.63, 3.8) is 0 Å². The Morgan fingerprint density at radius 3 is 2.45 bits per heavy atom. The van der Waals surface area contributed by atoms with E-state index in [-0.39, 0.29) is 0 Å². The summed E-state index contributed by atoms with van der Waals surface area (Å²) in [5.41, 5.74) is 2.07. The minimum atomic E-state index is 0.811. The quantitative estimate of drug-likeness (QED) is 0.590. The predicted octanol–water partition coefficient (Wildman–Crippen LogP) is 1.62. The van der Waals surface area contributed by atoms with Crippen LogP contribution in [-0.2, 0) is 0 Å². The monoisotopic (exact) mass is 148 g/mol. The molecule has 0 spiro atoms. The predicted molar refractivity (Wildman–Crippen MR) is 47.4 cm³/mol. The van der Waals surface area contributed by atoms with Gasteiger partial charge >= 0.3 is 0 Å². The molecule has 58 valence electrons. The molecule has 0 bridgehead atoms. The molecule has 1 rings (SSSR count). The van der Waals surface area contributed by atoms with Gasteiger partial charge in [0.05, 0.1) is 11.4 Å². The van der Waals surface area contributed by atoms with Crippen molar-refractivity contribution in [1.82, 2.24) is 10.6 Å². The molecule has 1 aliphatic rings. The first-order valence-corrected chi connectivity index (χ1v) is 3.50. The van der Waals surface area contributed by atoms with Gasteiger partial charge in [0.25, 0.3) is 0 Å². The first-order chi connectivity index (χ1) is 5.27. The number of allylic oxidation sites excluding steroid dienone is 3. The fourth-order valence-electron chi connectivity index (χ4n) is 0.968. The minimum Gasteiger partial charge on any atom is -0.341 e. The molecule has 0 radical (unpaired) electrons. The molecule has 1 aliphatic heterocycles. The Bertz CT molecular complexity index is 246. The fourth-order valence-corrected chi connectivity index (χ4v) is 0.968. The second-order valence-electron chi connectivity index (χ2n) is 2.25. The summed E-state index contributed by atoms with van der Waals surface area (Å²) in [7, 11) is 0. The molecule has 11 heavy (non-hydrogen) atoms. The van der Waals surface area contributed by atoms with E-state index in [1.807, 2.05) is 19.1 Å². The van der Waals surface area contributed by atoms with Gasteiger partial charge in [-0.2, -0.15) is 0 Å². The first-order valence-electron chi connectivity index (χ1n) is 3.50. The van der Waals surface area contributed by atoms with Crippen LogP contribution in [0, 0.1) is 0 Å². The molecule has 0 atom stereocenters. The van der Waals surface area contributed by atoms with Gasteiger partial charge in [-0.1, -0.05) is 25.3 Å². The van der Waals surface area contributed by atoms with Gasteiger partial charge in [0.1, 0.15) is 5.82 Å². The third-order valence-electron chi connectivity index (χ3n) is 1.43. The molecule has 1 heterocycles. The third-order valence-corrected chi connectivity index (χ3v) is 1.43. The van der Waals surface area contributed by atoms with Crippen LogP contribution < -0.4 is 10.6 Å². The number of hydrogen-bond acceptors (Lipinski definition) is 2. The van der Waals surface area contributed by atoms with Gasteiger partial charge < -0.3 is 10.6 Å². The summed E-state index contributed by atoms with van der Waals surface area (Å²) in [6.07, 6.45) is 5.63. The Hall–Kier alpha value is -1.44. The molecule has 0 saturated carbocycles. The summed E-state index contributed by atoms with van der Waals surface area (Å²) in [5.74, 6) is 0.811. The summed E-state index contributed by atoms with van der Waals surface area (Å²) < 4.78 is 0. The lowest BCUT2D eigenvalue weighted by atomic mass is 10.3. The minimum absolute atomic E-state index is 0.811. The summed E-state index contributed by atoms with van der Waals surface area (Å²) in [6.45, 7) is 9.34. The molecule has 1 fully saturated rings. The van der Waals surface area contributed by atoms with Crippen molar-refractivity contribution in [2.24, 2.45) is 0 Å². The molecule has 0 aliphatic carbocycles. The Kier molecular flexibility index (Phi) is 2.16. The molecular formula is C9H12N2. The fraction of sp³-hybridized carbons (Fsp3) is 0.111. The van der Waals surface area contributed by atoms with E-state index < -0.39 is 0 Å². The summed E-state index contributed by atoms with van der Waals surface area (Å²) >= 11 is 0. The van der Waals surface area contributed by atoms with Crippen molar-refractivity contribution in [1.29, 1.82) is 0 Å². The van der Waals surface area contributed by atoms with Crippen LogP contribution in [0.5, 0.6) is 0 Å². The summed E-state index contributed by atoms with van der Waals surface area (Å²) in [5, 5.41) is 6.15. The van der Waals surface area contributed by atoms with Crippen LogP contribution >= 0.6 is 0 Å². The van der Waals surface area contributed by atoms with Gasteiger partial charge in [-0.15, -0.1) is 0 Å². The highest BCUT2D eigenvalue weighted by molar-refractivity contribution is 5.39. The molecular weight excluding hydrogens is 136 g/mol. The van der Waals surface area contributed by atoms with Gasteiger partial charge in [-0.3, -0.25) is 0 Å². The Labute approximate surface area is 67.0 Å². The van der Waals surface area contributed by atoms with Crippen molar-refractivity contribution in [3.8, 4) is 0 Å². The maximum absolute atomic E-state index is 3.75. The Morgan fingerprint density at radius 1 is 1.27 bits per heavy atom. The zero-order valence-electron chi connectivity index (χ0n) is 6.65. The first kappa shape index (κ1) is 7.66. The van der Waals surface area contributed by atoms with E-state index >= 15 is 0 Å². The maximum atomic E-state index is 3.75. The second-order valence-corrected chi connectivity index (χ2v) is 2.25. The number of nitrogens with one attached hydrogen (secondary N) is 2. The van der Waals surface area contributed by atoms with Gasteiger partial charge in [0.2, 0.25) is 0 Å². The van der Waals surface area contributed by atoms with Crippen LogP contribution in [0.15, 0.2) is 48.6 Å². The van der Waals surface area contributed by atoms with E-state index in [1.54, 1.807) is 6.08 Å². The average Bonchev–Trinajstić information content (AvgIpc) is 2.32. The lowest BCUT2D eigenvalue weighted by Gasteiger charge is -1.94. The normalized spacial score (nSPS) is 23.5. The number of hydrogen-bond donors (Lipinski definition) is 2. The smallest absolute Gasteiger partial charge is 0.100 e. The van der Waals surface area contributed by atoms with E-state index in [2.05, 4.69) is 23.8 Å². The SMILES string of the molecule is C=C/C=C1/NC(=C)N/C1=C/C. The van der Waals surface area contributed by atoms with Crippen molar-refractivity contribution < 1.29 is 0 Å². The molecule has 2 heteroatoms. The highest BCUT2D eigenvalue weighted by Crippen LogP contribution is 2.12. The molecule has 0 aromatic rings. The van der Waals surface area contributed by atoms with Crippen molar-refractivity contribution in [2.75, 3.05) is 0 Å². The van der Waals surface area contributed by atoms with E-state index in [1.165, 1.54) is 0 Å². The van der Waals surface area contributed by atoms with Crippen LogP contribution in [0.25, 0.3) is 0 Å². The molecule has 0 unspecified atom stereocenters. The third kappa shape index (κ3) is 1.52. The van der Waals surface area contributed by atoms with Gasteiger partial charge in [-0.05, 0) is 13.0 Å². The van der Waals surface area contributed by atoms with Crippen LogP contribution in [-0.4, -0.2) is 0 Å². The van der Waals surface area contributed by atoms with E-state index in [0.717, 1.165) is 17.2 Å². The molecule has 1 saturated heterocycles. The standard InChI is InChI=1S/C9H12N2/c1-4-6-9-8(5-2)10-7(3)11-9/h4-6,10-11H,1,3H2,2H3/b8-5+,9-6+. The molecule has 0 aromatic heterocycles. The molecule has 0 aromatic carbocycles. The highest BCUT2D eigenvalue weighted by Gasteiger charge is 2.12. The largest absolute Gasteiger partial charge is 0.341 e. The molecule has 2 nitrogen and oxygen atoms in total. The van der Waals surface area contributed by atoms with Crippen molar-refractivity contribution in [2.45, 2.75) is 6.92 Å². The topological polar surface area (TPSA) is 24.1 Å². The number of rotatable bonds is 1. The zero-order valence-corrected chi connectivity index (χ0v) is 6.65. The van der Waals surface area contributed by atoms with E-state index in [0.29, 0.717) is 0 Å². The zero-order chi connectivity index (χ0) is 8.27. The van der Waals surface area contributed by atoms with Crippen LogP contribution in [0.4, 0.5) is 0 Å². The Morgan fingerprint density at radius 2 is 1.91 bits per heavy atom. The lowest BCUT2D eigenvalue weighted by Crippen LogP contribution is -2.06.